The number of hydrogen-bond acceptors (Lipinski definition) is 3. The summed E-state index contributed by atoms with van der Waals surface area (Å²) in [6.45, 7) is 2.44. The molecule has 0 heterocycles. The molecular weight excluding hydrogens is 222 g/mol. The number of rotatable bonds is 7. The van der Waals surface area contributed by atoms with Crippen LogP contribution in [0.1, 0.15) is 26.2 Å². The Labute approximate surface area is 91.1 Å². The summed E-state index contributed by atoms with van der Waals surface area (Å²) in [4.78, 5) is 0. The zero-order valence-corrected chi connectivity index (χ0v) is 10.1. The molecule has 1 aliphatic carbocycles. The Bertz CT molecular complexity index is 273. The molecule has 1 rings (SSSR count). The lowest BCUT2D eigenvalue weighted by Crippen LogP contribution is -2.34. The van der Waals surface area contributed by atoms with E-state index in [0.29, 0.717) is 12.3 Å². The molecule has 0 amide bonds. The monoisotopic (exact) mass is 239 g/mol. The van der Waals surface area contributed by atoms with E-state index in [2.05, 4.69) is 5.32 Å². The van der Waals surface area contributed by atoms with Gasteiger partial charge in [0.2, 0.25) is 0 Å². The Morgan fingerprint density at radius 2 is 2.07 bits per heavy atom. The van der Waals surface area contributed by atoms with Gasteiger partial charge in [-0.15, -0.1) is 11.6 Å². The van der Waals surface area contributed by atoms with Crippen LogP contribution >= 0.6 is 11.6 Å². The maximum atomic E-state index is 11.2. The summed E-state index contributed by atoms with van der Waals surface area (Å²) >= 11 is 5.77. The van der Waals surface area contributed by atoms with Gasteiger partial charge >= 0.3 is 0 Å². The van der Waals surface area contributed by atoms with Crippen LogP contribution in [0.4, 0.5) is 0 Å². The minimum Gasteiger partial charge on any atom is -0.310 e. The zero-order valence-electron chi connectivity index (χ0n) is 8.55. The van der Waals surface area contributed by atoms with Crippen molar-refractivity contribution in [3.05, 3.63) is 0 Å². The molecule has 0 atom stereocenters. The van der Waals surface area contributed by atoms with Crippen LogP contribution in [0.15, 0.2) is 0 Å². The third-order valence-electron chi connectivity index (χ3n) is 2.68. The Morgan fingerprint density at radius 3 is 2.50 bits per heavy atom. The van der Waals surface area contributed by atoms with Gasteiger partial charge in [-0.1, -0.05) is 6.92 Å². The Balaban J connectivity index is 2.11. The average molecular weight is 240 g/mol. The summed E-state index contributed by atoms with van der Waals surface area (Å²) in [5.41, 5.74) is 0.136. The highest BCUT2D eigenvalue weighted by Crippen LogP contribution is 2.36. The number of nitrogens with one attached hydrogen (secondary N) is 1. The van der Waals surface area contributed by atoms with Crippen molar-refractivity contribution in [2.75, 3.05) is 23.9 Å². The van der Waals surface area contributed by atoms with Crippen molar-refractivity contribution in [2.45, 2.75) is 31.7 Å². The van der Waals surface area contributed by atoms with Gasteiger partial charge < -0.3 is 5.32 Å². The quantitative estimate of drug-likeness (QED) is 0.536. The second kappa shape index (κ2) is 4.81. The molecule has 1 aliphatic rings. The molecule has 0 aliphatic heterocycles. The minimum absolute atomic E-state index is 0.136. The van der Waals surface area contributed by atoms with Crippen molar-refractivity contribution in [2.24, 2.45) is 0 Å². The van der Waals surface area contributed by atoms with E-state index in [1.807, 2.05) is 0 Å². The van der Waals surface area contributed by atoms with Crippen molar-refractivity contribution in [1.29, 1.82) is 0 Å². The smallest absolute Gasteiger partial charge is 0.150 e. The van der Waals surface area contributed by atoms with Crippen LogP contribution in [0.25, 0.3) is 0 Å². The molecule has 0 spiro atoms. The molecule has 0 aromatic carbocycles. The zero-order chi connectivity index (χ0) is 10.7. The molecule has 1 N–H and O–H groups in total. The normalized spacial score (nSPS) is 19.6. The van der Waals surface area contributed by atoms with E-state index in [9.17, 15) is 8.42 Å². The SMILES string of the molecule is CCS(=O)(=O)CCCNC1(CCl)CC1. The molecule has 1 fully saturated rings. The maximum Gasteiger partial charge on any atom is 0.150 e. The van der Waals surface area contributed by atoms with Crippen LogP contribution in [0.3, 0.4) is 0 Å². The summed E-state index contributed by atoms with van der Waals surface area (Å²) in [6, 6.07) is 0. The Hall–Kier alpha value is 0.200. The fraction of sp³-hybridized carbons (Fsp3) is 1.00. The fourth-order valence-corrected chi connectivity index (χ4v) is 2.53. The molecule has 84 valence electrons. The first kappa shape index (κ1) is 12.3. The number of alkyl halides is 1. The van der Waals surface area contributed by atoms with Gasteiger partial charge in [0.25, 0.3) is 0 Å². The number of sulfone groups is 1. The molecule has 3 nitrogen and oxygen atoms in total. The highest BCUT2D eigenvalue weighted by molar-refractivity contribution is 7.91. The van der Waals surface area contributed by atoms with Crippen molar-refractivity contribution in [3.63, 3.8) is 0 Å². The van der Waals surface area contributed by atoms with Gasteiger partial charge in [-0.3, -0.25) is 0 Å². The maximum absolute atomic E-state index is 11.2. The third kappa shape index (κ3) is 3.75. The largest absolute Gasteiger partial charge is 0.310 e. The Morgan fingerprint density at radius 1 is 1.43 bits per heavy atom. The van der Waals surface area contributed by atoms with Gasteiger partial charge in [0, 0.05) is 17.2 Å². The van der Waals surface area contributed by atoms with Crippen LogP contribution < -0.4 is 5.32 Å². The Kier molecular flexibility index (Phi) is 4.22. The molecule has 0 bridgehead atoms. The second-order valence-corrected chi connectivity index (χ2v) is 6.67. The van der Waals surface area contributed by atoms with E-state index in [1.165, 1.54) is 0 Å². The molecule has 5 heteroatoms. The van der Waals surface area contributed by atoms with Gasteiger partial charge in [-0.25, -0.2) is 8.42 Å². The molecule has 0 aromatic rings. The van der Waals surface area contributed by atoms with E-state index in [4.69, 9.17) is 11.6 Å². The first-order chi connectivity index (χ1) is 6.54. The van der Waals surface area contributed by atoms with Gasteiger partial charge in [-0.2, -0.15) is 0 Å². The van der Waals surface area contributed by atoms with E-state index >= 15 is 0 Å². The highest BCUT2D eigenvalue weighted by Gasteiger charge is 2.40. The summed E-state index contributed by atoms with van der Waals surface area (Å²) in [6.07, 6.45) is 2.93. The lowest BCUT2D eigenvalue weighted by atomic mass is 10.3. The van der Waals surface area contributed by atoms with Gasteiger partial charge in [0.05, 0.1) is 5.75 Å². The van der Waals surface area contributed by atoms with Crippen LogP contribution in [-0.4, -0.2) is 37.9 Å². The van der Waals surface area contributed by atoms with Crippen molar-refractivity contribution in [3.8, 4) is 0 Å². The van der Waals surface area contributed by atoms with Crippen LogP contribution in [-0.2, 0) is 9.84 Å². The first-order valence-corrected chi connectivity index (χ1v) is 7.41. The highest BCUT2D eigenvalue weighted by atomic mass is 35.5. The molecule has 0 unspecified atom stereocenters. The average Bonchev–Trinajstić information content (AvgIpc) is 2.94. The van der Waals surface area contributed by atoms with Crippen LogP contribution in [0, 0.1) is 0 Å². The van der Waals surface area contributed by atoms with E-state index in [0.717, 1.165) is 19.4 Å². The molecule has 1 saturated carbocycles. The molecule has 0 saturated heterocycles. The molecule has 0 radical (unpaired) electrons. The lowest BCUT2D eigenvalue weighted by Gasteiger charge is -2.13. The van der Waals surface area contributed by atoms with E-state index in [1.54, 1.807) is 6.92 Å². The van der Waals surface area contributed by atoms with Crippen molar-refractivity contribution >= 4 is 21.4 Å². The summed E-state index contributed by atoms with van der Waals surface area (Å²) in [5.74, 6) is 1.16. The van der Waals surface area contributed by atoms with Crippen molar-refractivity contribution in [1.82, 2.24) is 5.32 Å². The topological polar surface area (TPSA) is 46.2 Å². The second-order valence-electron chi connectivity index (χ2n) is 3.93. The summed E-state index contributed by atoms with van der Waals surface area (Å²) < 4.78 is 22.3. The predicted molar refractivity (Wildman–Crippen MR) is 59.6 cm³/mol. The van der Waals surface area contributed by atoms with Crippen LogP contribution in [0.5, 0.6) is 0 Å². The summed E-state index contributed by atoms with van der Waals surface area (Å²) in [5, 5.41) is 3.32. The van der Waals surface area contributed by atoms with Crippen LogP contribution in [0.2, 0.25) is 0 Å². The third-order valence-corrected chi connectivity index (χ3v) is 4.98. The van der Waals surface area contributed by atoms with Gasteiger partial charge in [0.15, 0.2) is 0 Å². The standard InChI is InChI=1S/C9H18ClNO2S/c1-2-14(12,13)7-3-6-11-9(8-10)4-5-9/h11H,2-8H2,1H3. The number of halogens is 1. The predicted octanol–water partition coefficient (Wildman–Crippen LogP) is 1.17. The van der Waals surface area contributed by atoms with E-state index in [-0.39, 0.29) is 17.0 Å². The van der Waals surface area contributed by atoms with Crippen molar-refractivity contribution < 1.29 is 8.42 Å². The number of hydrogen-bond donors (Lipinski definition) is 1. The molecular formula is C9H18ClNO2S. The van der Waals surface area contributed by atoms with Gasteiger partial charge in [-0.05, 0) is 25.8 Å². The first-order valence-electron chi connectivity index (χ1n) is 5.05. The molecule has 14 heavy (non-hydrogen) atoms. The molecule has 0 aromatic heterocycles. The van der Waals surface area contributed by atoms with Gasteiger partial charge in [0.1, 0.15) is 9.84 Å². The lowest BCUT2D eigenvalue weighted by molar-refractivity contribution is 0.536. The summed E-state index contributed by atoms with van der Waals surface area (Å²) in [7, 11) is -2.80. The minimum atomic E-state index is -2.80. The van der Waals surface area contributed by atoms with E-state index < -0.39 is 9.84 Å². The fourth-order valence-electron chi connectivity index (χ4n) is 1.30.